The van der Waals surface area contributed by atoms with Crippen molar-refractivity contribution in [2.24, 2.45) is 0 Å². The Hall–Kier alpha value is -2.42. The summed E-state index contributed by atoms with van der Waals surface area (Å²) >= 11 is 5.96. The van der Waals surface area contributed by atoms with Crippen molar-refractivity contribution in [3.8, 4) is 0 Å². The van der Waals surface area contributed by atoms with Crippen LogP contribution in [0.1, 0.15) is 35.7 Å². The molecule has 0 heterocycles. The zero-order valence-electron chi connectivity index (χ0n) is 16.6. The van der Waals surface area contributed by atoms with Crippen LogP contribution < -0.4 is 5.32 Å². The van der Waals surface area contributed by atoms with E-state index in [4.69, 9.17) is 16.3 Å². The molecule has 0 aliphatic carbocycles. The molecule has 2 aromatic rings. The molecule has 0 saturated carbocycles. The summed E-state index contributed by atoms with van der Waals surface area (Å²) in [5, 5.41) is 2.62. The topological polar surface area (TPSA) is 92.8 Å². The first-order valence-corrected chi connectivity index (χ1v) is 10.6. The van der Waals surface area contributed by atoms with Crippen molar-refractivity contribution in [1.82, 2.24) is 4.31 Å². The lowest BCUT2D eigenvalue weighted by Crippen LogP contribution is -2.23. The smallest absolute Gasteiger partial charge is 0.338 e. The molecule has 2 aromatic carbocycles. The average Bonchev–Trinajstić information content (AvgIpc) is 2.66. The van der Waals surface area contributed by atoms with Crippen LogP contribution >= 0.6 is 11.6 Å². The minimum absolute atomic E-state index is 0.0159. The number of rotatable bonds is 7. The monoisotopic (exact) mass is 438 g/mol. The van der Waals surface area contributed by atoms with Gasteiger partial charge in [-0.2, -0.15) is 0 Å². The molecule has 0 aliphatic rings. The van der Waals surface area contributed by atoms with Crippen molar-refractivity contribution in [2.45, 2.75) is 24.7 Å². The Balaban J connectivity index is 2.02. The second-order valence-electron chi connectivity index (χ2n) is 6.83. The number of carbonyl (C=O) groups excluding carboxylic acids is 2. The van der Waals surface area contributed by atoms with Crippen LogP contribution in [-0.2, 0) is 19.6 Å². The molecule has 1 N–H and O–H groups in total. The van der Waals surface area contributed by atoms with E-state index in [1.54, 1.807) is 12.1 Å². The molecule has 0 saturated heterocycles. The number of hydrogen-bond acceptors (Lipinski definition) is 5. The standard InChI is InChI=1S/C20H23ClN2O5S/c1-13(2)14-5-8-16(9-6-14)22-19(24)12-28-20(25)15-7-10-17(21)18(11-15)29(26,27)23(3)4/h5-11,13H,12H2,1-4H3,(H,22,24). The lowest BCUT2D eigenvalue weighted by atomic mass is 10.0. The summed E-state index contributed by atoms with van der Waals surface area (Å²) in [7, 11) is -1.12. The van der Waals surface area contributed by atoms with Gasteiger partial charge in [-0.05, 0) is 41.8 Å². The van der Waals surface area contributed by atoms with Crippen molar-refractivity contribution in [3.05, 3.63) is 58.6 Å². The quantitative estimate of drug-likeness (QED) is 0.668. The number of benzene rings is 2. The fourth-order valence-corrected chi connectivity index (χ4v) is 3.78. The molecule has 0 aliphatic heterocycles. The molecule has 9 heteroatoms. The van der Waals surface area contributed by atoms with Crippen LogP contribution in [0.3, 0.4) is 0 Å². The Kier molecular flexibility index (Phi) is 7.40. The largest absolute Gasteiger partial charge is 0.452 e. The van der Waals surface area contributed by atoms with Crippen molar-refractivity contribution in [3.63, 3.8) is 0 Å². The fraction of sp³-hybridized carbons (Fsp3) is 0.300. The number of hydrogen-bond donors (Lipinski definition) is 1. The maximum atomic E-state index is 12.3. The highest BCUT2D eigenvalue weighted by atomic mass is 35.5. The van der Waals surface area contributed by atoms with Gasteiger partial charge in [0.15, 0.2) is 6.61 Å². The van der Waals surface area contributed by atoms with Gasteiger partial charge in [-0.25, -0.2) is 17.5 Å². The van der Waals surface area contributed by atoms with Gasteiger partial charge < -0.3 is 10.1 Å². The summed E-state index contributed by atoms with van der Waals surface area (Å²) in [6.07, 6.45) is 0. The molecule has 0 fully saturated rings. The molecular formula is C20H23ClN2O5S. The minimum Gasteiger partial charge on any atom is -0.452 e. The van der Waals surface area contributed by atoms with Gasteiger partial charge in [-0.3, -0.25) is 4.79 Å². The summed E-state index contributed by atoms with van der Waals surface area (Å²) in [5.74, 6) is -0.964. The third-order valence-electron chi connectivity index (χ3n) is 4.12. The Morgan fingerprint density at radius 3 is 2.28 bits per heavy atom. The van der Waals surface area contributed by atoms with Gasteiger partial charge in [0.05, 0.1) is 10.6 Å². The van der Waals surface area contributed by atoms with E-state index in [0.29, 0.717) is 11.6 Å². The van der Waals surface area contributed by atoms with Gasteiger partial charge >= 0.3 is 5.97 Å². The zero-order chi connectivity index (χ0) is 21.8. The lowest BCUT2D eigenvalue weighted by molar-refractivity contribution is -0.119. The predicted octanol–water partition coefficient (Wildman–Crippen LogP) is 3.51. The van der Waals surface area contributed by atoms with Crippen molar-refractivity contribution < 1.29 is 22.7 Å². The third-order valence-corrected chi connectivity index (χ3v) is 6.42. The summed E-state index contributed by atoms with van der Waals surface area (Å²) in [5.41, 5.74) is 1.70. The summed E-state index contributed by atoms with van der Waals surface area (Å²) in [6, 6.07) is 11.1. The molecule has 2 rings (SSSR count). The molecule has 0 unspecified atom stereocenters. The molecular weight excluding hydrogens is 416 g/mol. The Bertz CT molecular complexity index is 1000. The molecule has 156 valence electrons. The maximum absolute atomic E-state index is 12.3. The number of amides is 1. The Morgan fingerprint density at radius 1 is 1.10 bits per heavy atom. The van der Waals surface area contributed by atoms with Gasteiger partial charge in [-0.15, -0.1) is 0 Å². The number of esters is 1. The summed E-state index contributed by atoms with van der Waals surface area (Å²) < 4.78 is 30.6. The third kappa shape index (κ3) is 5.79. The maximum Gasteiger partial charge on any atom is 0.338 e. The zero-order valence-corrected chi connectivity index (χ0v) is 18.2. The van der Waals surface area contributed by atoms with Gasteiger partial charge in [0, 0.05) is 19.8 Å². The molecule has 0 atom stereocenters. The number of halogens is 1. The Morgan fingerprint density at radius 2 is 1.72 bits per heavy atom. The number of anilines is 1. The number of sulfonamides is 1. The summed E-state index contributed by atoms with van der Waals surface area (Å²) in [4.78, 5) is 24.0. The van der Waals surface area contributed by atoms with Crippen LogP contribution in [0.5, 0.6) is 0 Å². The van der Waals surface area contributed by atoms with Crippen molar-refractivity contribution in [2.75, 3.05) is 26.0 Å². The second kappa shape index (κ2) is 9.39. The van der Waals surface area contributed by atoms with Gasteiger partial charge in [0.2, 0.25) is 10.0 Å². The van der Waals surface area contributed by atoms with Crippen LogP contribution in [-0.4, -0.2) is 45.3 Å². The van der Waals surface area contributed by atoms with E-state index < -0.39 is 28.5 Å². The summed E-state index contributed by atoms with van der Waals surface area (Å²) in [6.45, 7) is 3.63. The first kappa shape index (κ1) is 22.9. The number of ether oxygens (including phenoxy) is 1. The van der Waals surface area contributed by atoms with E-state index in [-0.39, 0.29) is 15.5 Å². The molecule has 0 bridgehead atoms. The van der Waals surface area contributed by atoms with Gasteiger partial charge in [0.1, 0.15) is 4.90 Å². The second-order valence-corrected chi connectivity index (χ2v) is 9.36. The van der Waals surface area contributed by atoms with Crippen LogP contribution in [0.15, 0.2) is 47.4 Å². The molecule has 0 aromatic heterocycles. The van der Waals surface area contributed by atoms with Crippen molar-refractivity contribution in [1.29, 1.82) is 0 Å². The van der Waals surface area contributed by atoms with Gasteiger partial charge in [-0.1, -0.05) is 37.6 Å². The highest BCUT2D eigenvalue weighted by Gasteiger charge is 2.23. The highest BCUT2D eigenvalue weighted by Crippen LogP contribution is 2.25. The SMILES string of the molecule is CC(C)c1ccc(NC(=O)COC(=O)c2ccc(Cl)c(S(=O)(=O)N(C)C)c2)cc1. The van der Waals surface area contributed by atoms with Crippen LogP contribution in [0.25, 0.3) is 0 Å². The van der Waals surface area contributed by atoms with E-state index in [1.807, 2.05) is 12.1 Å². The Labute approximate surface area is 175 Å². The predicted molar refractivity (Wildman–Crippen MR) is 112 cm³/mol. The molecule has 0 spiro atoms. The highest BCUT2D eigenvalue weighted by molar-refractivity contribution is 7.89. The van der Waals surface area contributed by atoms with Crippen LogP contribution in [0, 0.1) is 0 Å². The van der Waals surface area contributed by atoms with E-state index in [2.05, 4.69) is 19.2 Å². The molecule has 29 heavy (non-hydrogen) atoms. The molecule has 1 amide bonds. The van der Waals surface area contributed by atoms with Gasteiger partial charge in [0.25, 0.3) is 5.91 Å². The van der Waals surface area contributed by atoms with E-state index in [0.717, 1.165) is 15.9 Å². The first-order chi connectivity index (χ1) is 13.5. The van der Waals surface area contributed by atoms with Crippen molar-refractivity contribution >= 4 is 39.2 Å². The minimum atomic E-state index is -3.83. The number of nitrogens with zero attached hydrogens (tertiary/aromatic N) is 1. The van der Waals surface area contributed by atoms with E-state index in [1.165, 1.54) is 26.2 Å². The fourth-order valence-electron chi connectivity index (χ4n) is 2.39. The van der Waals surface area contributed by atoms with Crippen LogP contribution in [0.2, 0.25) is 5.02 Å². The van der Waals surface area contributed by atoms with E-state index >= 15 is 0 Å². The number of nitrogens with one attached hydrogen (secondary N) is 1. The number of carbonyl (C=O) groups is 2. The molecule has 7 nitrogen and oxygen atoms in total. The first-order valence-electron chi connectivity index (χ1n) is 8.81. The average molecular weight is 439 g/mol. The van der Waals surface area contributed by atoms with Crippen LogP contribution in [0.4, 0.5) is 5.69 Å². The normalized spacial score (nSPS) is 11.6. The lowest BCUT2D eigenvalue weighted by Gasteiger charge is -2.13. The van der Waals surface area contributed by atoms with E-state index in [9.17, 15) is 18.0 Å². The molecule has 0 radical (unpaired) electrons.